The van der Waals surface area contributed by atoms with Gasteiger partial charge in [0.05, 0.1) is 10.2 Å². The van der Waals surface area contributed by atoms with Crippen LogP contribution in [0.3, 0.4) is 0 Å². The Morgan fingerprint density at radius 3 is 2.92 bits per heavy atom. The van der Waals surface area contributed by atoms with Gasteiger partial charge in [-0.1, -0.05) is 12.0 Å². The number of rotatable bonds is 2. The second kappa shape index (κ2) is 4.03. The van der Waals surface area contributed by atoms with Crippen molar-refractivity contribution in [2.45, 2.75) is 0 Å². The van der Waals surface area contributed by atoms with Crippen molar-refractivity contribution < 1.29 is 4.74 Å². The lowest BCUT2D eigenvalue weighted by atomic mass is 10.3. The van der Waals surface area contributed by atoms with Gasteiger partial charge in [-0.05, 0) is 28.1 Å². The van der Waals surface area contributed by atoms with Gasteiger partial charge in [-0.15, -0.1) is 6.42 Å². The molecule has 0 saturated heterocycles. The van der Waals surface area contributed by atoms with Crippen LogP contribution in [0.1, 0.15) is 0 Å². The standard InChI is InChI=1S/C9H8BrNO/c1-2-6-12-9-7(10)4-3-5-8(9)11/h1,3-5H,6,11H2. The number of benzene rings is 1. The van der Waals surface area contributed by atoms with E-state index in [9.17, 15) is 0 Å². The van der Waals surface area contributed by atoms with Gasteiger partial charge in [0.15, 0.2) is 5.75 Å². The van der Waals surface area contributed by atoms with Crippen molar-refractivity contribution in [3.8, 4) is 18.1 Å². The Bertz CT molecular complexity index is 297. The lowest BCUT2D eigenvalue weighted by Crippen LogP contribution is -1.98. The zero-order valence-corrected chi connectivity index (χ0v) is 7.97. The average Bonchev–Trinajstić information content (AvgIpc) is 2.04. The van der Waals surface area contributed by atoms with Crippen LogP contribution in [0.15, 0.2) is 22.7 Å². The Kier molecular flexibility index (Phi) is 3.01. The van der Waals surface area contributed by atoms with Crippen LogP contribution in [0.2, 0.25) is 0 Å². The summed E-state index contributed by atoms with van der Waals surface area (Å²) in [6.45, 7) is 0.229. The second-order valence-corrected chi connectivity index (χ2v) is 3.01. The maximum Gasteiger partial charge on any atom is 0.157 e. The first-order valence-electron chi connectivity index (χ1n) is 3.36. The van der Waals surface area contributed by atoms with E-state index in [1.54, 1.807) is 6.07 Å². The number of para-hydroxylation sites is 1. The quantitative estimate of drug-likeness (QED) is 0.618. The Hall–Kier alpha value is -1.14. The van der Waals surface area contributed by atoms with E-state index in [4.69, 9.17) is 16.9 Å². The molecule has 0 fully saturated rings. The maximum atomic E-state index is 5.64. The molecule has 3 heteroatoms. The summed E-state index contributed by atoms with van der Waals surface area (Å²) in [7, 11) is 0. The third kappa shape index (κ3) is 1.93. The molecule has 0 aliphatic carbocycles. The van der Waals surface area contributed by atoms with E-state index in [1.165, 1.54) is 0 Å². The van der Waals surface area contributed by atoms with E-state index in [0.717, 1.165) is 4.47 Å². The third-order valence-corrected chi connectivity index (χ3v) is 1.92. The summed E-state index contributed by atoms with van der Waals surface area (Å²) in [5.41, 5.74) is 6.22. The number of anilines is 1. The van der Waals surface area contributed by atoms with Crippen LogP contribution in [0.25, 0.3) is 0 Å². The van der Waals surface area contributed by atoms with Gasteiger partial charge in [-0.2, -0.15) is 0 Å². The van der Waals surface area contributed by atoms with Crippen LogP contribution >= 0.6 is 15.9 Å². The fourth-order valence-corrected chi connectivity index (χ4v) is 1.29. The van der Waals surface area contributed by atoms with Crippen LogP contribution in [0.4, 0.5) is 5.69 Å². The summed E-state index contributed by atoms with van der Waals surface area (Å²) in [4.78, 5) is 0. The second-order valence-electron chi connectivity index (χ2n) is 2.15. The van der Waals surface area contributed by atoms with E-state index < -0.39 is 0 Å². The van der Waals surface area contributed by atoms with Crippen LogP contribution < -0.4 is 10.5 Å². The lowest BCUT2D eigenvalue weighted by Gasteiger charge is -2.07. The van der Waals surface area contributed by atoms with Gasteiger partial charge in [-0.3, -0.25) is 0 Å². The van der Waals surface area contributed by atoms with E-state index >= 15 is 0 Å². The topological polar surface area (TPSA) is 35.2 Å². The molecule has 0 spiro atoms. The minimum absolute atomic E-state index is 0.229. The molecule has 0 heterocycles. The van der Waals surface area contributed by atoms with Gasteiger partial charge in [0.2, 0.25) is 0 Å². The van der Waals surface area contributed by atoms with Crippen molar-refractivity contribution in [3.05, 3.63) is 22.7 Å². The monoisotopic (exact) mass is 225 g/mol. The van der Waals surface area contributed by atoms with Gasteiger partial charge in [0.25, 0.3) is 0 Å². The zero-order valence-electron chi connectivity index (χ0n) is 6.38. The van der Waals surface area contributed by atoms with Crippen molar-refractivity contribution >= 4 is 21.6 Å². The Labute approximate surface area is 79.8 Å². The molecule has 0 saturated carbocycles. The van der Waals surface area contributed by atoms with Crippen molar-refractivity contribution in [1.82, 2.24) is 0 Å². The molecule has 0 bridgehead atoms. The fraction of sp³-hybridized carbons (Fsp3) is 0.111. The normalized spacial score (nSPS) is 9.00. The van der Waals surface area contributed by atoms with E-state index in [1.807, 2.05) is 12.1 Å². The van der Waals surface area contributed by atoms with Gasteiger partial charge in [0.1, 0.15) is 6.61 Å². The number of nitrogen functional groups attached to an aromatic ring is 1. The number of hydrogen-bond donors (Lipinski definition) is 1. The molecule has 1 aromatic carbocycles. The molecular formula is C9H8BrNO. The summed E-state index contributed by atoms with van der Waals surface area (Å²) in [6.07, 6.45) is 5.05. The molecule has 2 nitrogen and oxygen atoms in total. The fourth-order valence-electron chi connectivity index (χ4n) is 0.792. The van der Waals surface area contributed by atoms with Crippen molar-refractivity contribution in [3.63, 3.8) is 0 Å². The molecule has 0 aliphatic rings. The Balaban J connectivity index is 2.90. The first-order chi connectivity index (χ1) is 5.75. The summed E-state index contributed by atoms with van der Waals surface area (Å²) < 4.78 is 6.03. The van der Waals surface area contributed by atoms with E-state index in [0.29, 0.717) is 11.4 Å². The van der Waals surface area contributed by atoms with E-state index in [2.05, 4.69) is 21.9 Å². The number of halogens is 1. The number of nitrogens with two attached hydrogens (primary N) is 1. The zero-order chi connectivity index (χ0) is 8.97. The third-order valence-electron chi connectivity index (χ3n) is 1.30. The molecule has 0 unspecified atom stereocenters. The SMILES string of the molecule is C#CCOc1c(N)cccc1Br. The Morgan fingerprint density at radius 2 is 2.33 bits per heavy atom. The molecule has 0 aromatic heterocycles. The highest BCUT2D eigenvalue weighted by atomic mass is 79.9. The molecule has 62 valence electrons. The predicted molar refractivity (Wildman–Crippen MR) is 52.9 cm³/mol. The summed E-state index contributed by atoms with van der Waals surface area (Å²) in [6, 6.07) is 5.45. The van der Waals surface area contributed by atoms with Crippen molar-refractivity contribution in [2.75, 3.05) is 12.3 Å². The molecule has 0 atom stereocenters. The number of ether oxygens (including phenoxy) is 1. The first kappa shape index (κ1) is 8.95. The van der Waals surface area contributed by atoms with E-state index in [-0.39, 0.29) is 6.61 Å². The van der Waals surface area contributed by atoms with Crippen LogP contribution in [0.5, 0.6) is 5.75 Å². The van der Waals surface area contributed by atoms with Crippen molar-refractivity contribution in [2.24, 2.45) is 0 Å². The predicted octanol–water partition coefficient (Wildman–Crippen LogP) is 2.04. The van der Waals surface area contributed by atoms with Gasteiger partial charge < -0.3 is 10.5 Å². The lowest BCUT2D eigenvalue weighted by molar-refractivity contribution is 0.370. The summed E-state index contributed by atoms with van der Waals surface area (Å²) >= 11 is 3.30. The van der Waals surface area contributed by atoms with Crippen LogP contribution in [-0.2, 0) is 0 Å². The summed E-state index contributed by atoms with van der Waals surface area (Å²) in [5.74, 6) is 2.98. The van der Waals surface area contributed by atoms with Gasteiger partial charge in [0, 0.05) is 0 Å². The molecule has 0 amide bonds. The molecular weight excluding hydrogens is 218 g/mol. The minimum Gasteiger partial charge on any atom is -0.478 e. The highest BCUT2D eigenvalue weighted by Crippen LogP contribution is 2.30. The number of hydrogen-bond acceptors (Lipinski definition) is 2. The highest BCUT2D eigenvalue weighted by molar-refractivity contribution is 9.10. The smallest absolute Gasteiger partial charge is 0.157 e. The van der Waals surface area contributed by atoms with Gasteiger partial charge in [-0.25, -0.2) is 0 Å². The van der Waals surface area contributed by atoms with Crippen LogP contribution in [0, 0.1) is 12.3 Å². The maximum absolute atomic E-state index is 5.64. The van der Waals surface area contributed by atoms with Gasteiger partial charge >= 0.3 is 0 Å². The molecule has 1 rings (SSSR count). The molecule has 1 aromatic rings. The summed E-state index contributed by atoms with van der Waals surface area (Å²) in [5, 5.41) is 0. The average molecular weight is 226 g/mol. The Morgan fingerprint density at radius 1 is 1.58 bits per heavy atom. The minimum atomic E-state index is 0.229. The molecule has 0 aliphatic heterocycles. The molecule has 0 radical (unpaired) electrons. The number of terminal acetylenes is 1. The largest absolute Gasteiger partial charge is 0.478 e. The van der Waals surface area contributed by atoms with Crippen LogP contribution in [-0.4, -0.2) is 6.61 Å². The first-order valence-corrected chi connectivity index (χ1v) is 4.15. The van der Waals surface area contributed by atoms with Crippen molar-refractivity contribution in [1.29, 1.82) is 0 Å². The highest BCUT2D eigenvalue weighted by Gasteiger charge is 2.03. The molecule has 12 heavy (non-hydrogen) atoms. The molecule has 2 N–H and O–H groups in total.